The van der Waals surface area contributed by atoms with Crippen molar-refractivity contribution in [3.8, 4) is 0 Å². The van der Waals surface area contributed by atoms with Crippen molar-refractivity contribution in [1.29, 1.82) is 0 Å². The van der Waals surface area contributed by atoms with Gasteiger partial charge in [0.05, 0.1) is 6.61 Å². The van der Waals surface area contributed by atoms with E-state index in [2.05, 4.69) is 25.7 Å². The van der Waals surface area contributed by atoms with E-state index in [1.165, 1.54) is 19.3 Å². The number of ether oxygens (including phenoxy) is 1. The summed E-state index contributed by atoms with van der Waals surface area (Å²) in [6.07, 6.45) is 15.4. The van der Waals surface area contributed by atoms with E-state index in [-0.39, 0.29) is 5.82 Å². The fourth-order valence-corrected chi connectivity index (χ4v) is 3.68. The second-order valence-corrected chi connectivity index (χ2v) is 7.17. The van der Waals surface area contributed by atoms with Gasteiger partial charge in [-0.25, -0.2) is 4.39 Å². The maximum Gasteiger partial charge on any atom is 0.127 e. The highest BCUT2D eigenvalue weighted by Gasteiger charge is 2.23. The molecule has 0 atom stereocenters. The van der Waals surface area contributed by atoms with Crippen LogP contribution in [0.1, 0.15) is 75.3 Å². The van der Waals surface area contributed by atoms with Crippen LogP contribution in [0.3, 0.4) is 0 Å². The topological polar surface area (TPSA) is 9.23 Å². The molecular weight excluding hydrogens is 311 g/mol. The second kappa shape index (κ2) is 11.3. The summed E-state index contributed by atoms with van der Waals surface area (Å²) in [5.74, 6) is 1.11. The molecule has 0 spiro atoms. The number of halogens is 1. The second-order valence-electron chi connectivity index (χ2n) is 7.17. The Morgan fingerprint density at radius 2 is 2.00 bits per heavy atom. The van der Waals surface area contributed by atoms with Crippen LogP contribution in [0.2, 0.25) is 0 Å². The summed E-state index contributed by atoms with van der Waals surface area (Å²) in [6.45, 7) is 7.06. The molecule has 1 nitrogen and oxygen atoms in total. The molecule has 0 unspecified atom stereocenters. The number of hydrogen-bond donors (Lipinski definition) is 0. The minimum atomic E-state index is -0.0541. The molecule has 2 heteroatoms. The maximum absolute atomic E-state index is 14.5. The Hall–Kier alpha value is -1.41. The Morgan fingerprint density at radius 3 is 2.68 bits per heavy atom. The Morgan fingerprint density at radius 1 is 1.20 bits per heavy atom. The molecule has 1 aromatic rings. The first-order valence-electron chi connectivity index (χ1n) is 9.86. The van der Waals surface area contributed by atoms with E-state index in [4.69, 9.17) is 4.74 Å². The van der Waals surface area contributed by atoms with E-state index in [0.717, 1.165) is 49.1 Å². The van der Waals surface area contributed by atoms with Gasteiger partial charge >= 0.3 is 0 Å². The molecular formula is C23H33FO. The van der Waals surface area contributed by atoms with Gasteiger partial charge in [0.25, 0.3) is 0 Å². The van der Waals surface area contributed by atoms with Crippen LogP contribution in [0, 0.1) is 11.7 Å². The summed E-state index contributed by atoms with van der Waals surface area (Å²) in [6, 6.07) is 5.68. The third kappa shape index (κ3) is 6.78. The highest BCUT2D eigenvalue weighted by atomic mass is 19.1. The maximum atomic E-state index is 14.5. The van der Waals surface area contributed by atoms with E-state index in [0.29, 0.717) is 19.1 Å². The van der Waals surface area contributed by atoms with Crippen molar-refractivity contribution in [3.05, 3.63) is 60.0 Å². The fraction of sp³-hybridized carbons (Fsp3) is 0.565. The van der Waals surface area contributed by atoms with E-state index < -0.39 is 0 Å². The van der Waals surface area contributed by atoms with Gasteiger partial charge in [-0.15, -0.1) is 6.58 Å². The molecule has 1 fully saturated rings. The lowest BCUT2D eigenvalue weighted by Crippen LogP contribution is -2.14. The van der Waals surface area contributed by atoms with Crippen LogP contribution in [0.15, 0.2) is 43.0 Å². The largest absolute Gasteiger partial charge is 0.377 e. The smallest absolute Gasteiger partial charge is 0.127 e. The van der Waals surface area contributed by atoms with Crippen LogP contribution in [0.4, 0.5) is 4.39 Å². The molecule has 0 bridgehead atoms. The molecule has 138 valence electrons. The monoisotopic (exact) mass is 344 g/mol. The van der Waals surface area contributed by atoms with Crippen molar-refractivity contribution >= 4 is 0 Å². The lowest BCUT2D eigenvalue weighted by atomic mass is 9.77. The number of allylic oxidation sites excluding steroid dienone is 3. The zero-order chi connectivity index (χ0) is 17.9. The first-order valence-corrected chi connectivity index (χ1v) is 9.86. The molecule has 1 aromatic carbocycles. The molecule has 1 aliphatic rings. The van der Waals surface area contributed by atoms with Gasteiger partial charge in [0, 0.05) is 6.61 Å². The highest BCUT2D eigenvalue weighted by Crippen LogP contribution is 2.38. The summed E-state index contributed by atoms with van der Waals surface area (Å²) in [4.78, 5) is 0. The highest BCUT2D eigenvalue weighted by molar-refractivity contribution is 5.27. The van der Waals surface area contributed by atoms with Gasteiger partial charge in [-0.2, -0.15) is 0 Å². The van der Waals surface area contributed by atoms with Crippen LogP contribution < -0.4 is 0 Å². The normalized spacial score (nSPS) is 20.9. The van der Waals surface area contributed by atoms with Crippen LogP contribution in [0.25, 0.3) is 0 Å². The van der Waals surface area contributed by atoms with E-state index >= 15 is 0 Å². The van der Waals surface area contributed by atoms with Gasteiger partial charge in [0.15, 0.2) is 0 Å². The van der Waals surface area contributed by atoms with Gasteiger partial charge in [-0.1, -0.05) is 37.3 Å². The number of unbranched alkanes of at least 4 members (excludes halogenated alkanes) is 1. The molecule has 1 aliphatic carbocycles. The van der Waals surface area contributed by atoms with Gasteiger partial charge < -0.3 is 4.74 Å². The fourth-order valence-electron chi connectivity index (χ4n) is 3.68. The van der Waals surface area contributed by atoms with Crippen LogP contribution in [-0.4, -0.2) is 6.61 Å². The average molecular weight is 345 g/mol. The van der Waals surface area contributed by atoms with E-state index in [1.807, 2.05) is 18.2 Å². The molecule has 0 amide bonds. The Labute approximate surface area is 153 Å². The number of hydrogen-bond acceptors (Lipinski definition) is 1. The van der Waals surface area contributed by atoms with Crippen LogP contribution >= 0.6 is 0 Å². The van der Waals surface area contributed by atoms with Gasteiger partial charge in [0.2, 0.25) is 0 Å². The molecule has 0 N–H and O–H groups in total. The summed E-state index contributed by atoms with van der Waals surface area (Å²) in [7, 11) is 0. The van der Waals surface area contributed by atoms with Gasteiger partial charge in [-0.05, 0) is 80.4 Å². The molecule has 2 rings (SSSR count). The third-order valence-corrected chi connectivity index (χ3v) is 5.19. The Balaban J connectivity index is 1.80. The van der Waals surface area contributed by atoms with Gasteiger partial charge in [-0.3, -0.25) is 0 Å². The van der Waals surface area contributed by atoms with Crippen molar-refractivity contribution < 1.29 is 9.13 Å². The predicted octanol–water partition coefficient (Wildman–Crippen LogP) is 6.94. The van der Waals surface area contributed by atoms with Crippen molar-refractivity contribution in [3.63, 3.8) is 0 Å². The number of benzene rings is 1. The zero-order valence-electron chi connectivity index (χ0n) is 15.7. The quantitative estimate of drug-likeness (QED) is 0.330. The van der Waals surface area contributed by atoms with Crippen LogP contribution in [-0.2, 0) is 11.3 Å². The summed E-state index contributed by atoms with van der Waals surface area (Å²) in [5, 5.41) is 0. The van der Waals surface area contributed by atoms with Crippen molar-refractivity contribution in [2.75, 3.05) is 6.61 Å². The zero-order valence-corrected chi connectivity index (χ0v) is 15.7. The molecule has 0 saturated heterocycles. The first-order chi connectivity index (χ1) is 12.2. The first kappa shape index (κ1) is 19.9. The molecule has 0 heterocycles. The molecule has 0 radical (unpaired) electrons. The average Bonchev–Trinajstić information content (AvgIpc) is 2.63. The molecule has 0 aliphatic heterocycles. The Bertz CT molecular complexity index is 541. The van der Waals surface area contributed by atoms with Crippen molar-refractivity contribution in [2.45, 2.75) is 70.8 Å². The van der Waals surface area contributed by atoms with Gasteiger partial charge in [0.1, 0.15) is 5.82 Å². The molecule has 0 aromatic heterocycles. The minimum Gasteiger partial charge on any atom is -0.377 e. The summed E-state index contributed by atoms with van der Waals surface area (Å²) >= 11 is 0. The standard InChI is InChI=1S/C23H33FO/c1-3-5-7-9-19-10-13-21(14-11-19)22-15-12-20(17-23(22)24)18-25-16-8-6-4-2/h4-5,7,12,15,17,19,21H,2-3,6,8-11,13-14,16,18H2,1H3. The lowest BCUT2D eigenvalue weighted by Gasteiger charge is -2.28. The van der Waals surface area contributed by atoms with Crippen LogP contribution in [0.5, 0.6) is 0 Å². The number of rotatable bonds is 10. The predicted molar refractivity (Wildman–Crippen MR) is 104 cm³/mol. The molecule has 25 heavy (non-hydrogen) atoms. The lowest BCUT2D eigenvalue weighted by molar-refractivity contribution is 0.119. The van der Waals surface area contributed by atoms with Crippen molar-refractivity contribution in [2.24, 2.45) is 5.92 Å². The van der Waals surface area contributed by atoms with E-state index in [9.17, 15) is 4.39 Å². The Kier molecular flexibility index (Phi) is 8.96. The van der Waals surface area contributed by atoms with Crippen molar-refractivity contribution in [1.82, 2.24) is 0 Å². The minimum absolute atomic E-state index is 0.0541. The third-order valence-electron chi connectivity index (χ3n) is 5.19. The SMILES string of the molecule is C=CCCCOCc1ccc(C2CCC(CC=CCC)CC2)c(F)c1. The summed E-state index contributed by atoms with van der Waals surface area (Å²) < 4.78 is 20.1. The molecule has 1 saturated carbocycles. The van der Waals surface area contributed by atoms with E-state index in [1.54, 1.807) is 6.07 Å². The summed E-state index contributed by atoms with van der Waals surface area (Å²) in [5.41, 5.74) is 1.83.